The number of alkyl halides is 1. The first kappa shape index (κ1) is 13.2. The normalized spacial score (nSPS) is 10.2. The van der Waals surface area contributed by atoms with Crippen molar-refractivity contribution in [1.82, 2.24) is 0 Å². The summed E-state index contributed by atoms with van der Waals surface area (Å²) in [4.78, 5) is 11.3. The Hall–Kier alpha value is -0.900. The zero-order chi connectivity index (χ0) is 12.1. The molecule has 0 amide bonds. The first-order valence-corrected chi connectivity index (χ1v) is 6.20. The van der Waals surface area contributed by atoms with Gasteiger partial charge in [-0.1, -0.05) is 28.1 Å². The molecule has 1 aromatic carbocycles. The van der Waals surface area contributed by atoms with Gasteiger partial charge in [0, 0.05) is 5.33 Å². The second-order valence-corrected chi connectivity index (χ2v) is 4.06. The van der Waals surface area contributed by atoms with E-state index in [0.29, 0.717) is 23.1 Å². The largest absolute Gasteiger partial charge is 0.466 e. The Kier molecular flexibility index (Phi) is 4.93. The van der Waals surface area contributed by atoms with E-state index in [1.807, 2.05) is 0 Å². The summed E-state index contributed by atoms with van der Waals surface area (Å²) in [5.41, 5.74) is 1.90. The highest BCUT2D eigenvalue weighted by Gasteiger charge is 2.12. The molecule has 0 fully saturated rings. The summed E-state index contributed by atoms with van der Waals surface area (Å²) in [6, 6.07) is 3.45. The van der Waals surface area contributed by atoms with Gasteiger partial charge in [0.2, 0.25) is 0 Å². The number of carbonyl (C=O) groups is 1. The molecule has 1 aromatic rings. The Morgan fingerprint density at radius 3 is 2.75 bits per heavy atom. The van der Waals surface area contributed by atoms with E-state index in [4.69, 9.17) is 4.74 Å². The predicted octanol–water partition coefficient (Wildman–Crippen LogP) is 3.13. The third-order valence-electron chi connectivity index (χ3n) is 2.18. The van der Waals surface area contributed by atoms with Crippen molar-refractivity contribution in [3.63, 3.8) is 0 Å². The molecule has 16 heavy (non-hydrogen) atoms. The van der Waals surface area contributed by atoms with Crippen molar-refractivity contribution in [1.29, 1.82) is 0 Å². The number of ether oxygens (including phenoxy) is 1. The van der Waals surface area contributed by atoms with Crippen LogP contribution in [0.5, 0.6) is 0 Å². The van der Waals surface area contributed by atoms with Gasteiger partial charge in [0.15, 0.2) is 0 Å². The number of hydrogen-bond acceptors (Lipinski definition) is 2. The maximum absolute atomic E-state index is 13.7. The van der Waals surface area contributed by atoms with E-state index in [0.717, 1.165) is 5.56 Å². The predicted molar refractivity (Wildman–Crippen MR) is 64.1 cm³/mol. The molecular formula is C12H14BrFO2. The molecule has 0 aliphatic carbocycles. The molecular weight excluding hydrogens is 275 g/mol. The Morgan fingerprint density at radius 2 is 2.19 bits per heavy atom. The molecule has 0 radical (unpaired) electrons. The van der Waals surface area contributed by atoms with Gasteiger partial charge >= 0.3 is 5.97 Å². The minimum absolute atomic E-state index is 0.0125. The minimum Gasteiger partial charge on any atom is -0.466 e. The lowest BCUT2D eigenvalue weighted by Crippen LogP contribution is -2.09. The molecule has 0 N–H and O–H groups in total. The van der Waals surface area contributed by atoms with Crippen LogP contribution in [0.25, 0.3) is 0 Å². The molecule has 0 spiro atoms. The lowest BCUT2D eigenvalue weighted by atomic mass is 10.0. The SMILES string of the molecule is CCOC(=O)Cc1cc(CBr)cc(C)c1F. The van der Waals surface area contributed by atoms with Crippen molar-refractivity contribution < 1.29 is 13.9 Å². The standard InChI is InChI=1S/C12H14BrFO2/c1-3-16-11(15)6-10-5-9(7-13)4-8(2)12(10)14/h4-5H,3,6-7H2,1-2H3. The fraction of sp³-hybridized carbons (Fsp3) is 0.417. The molecule has 0 aliphatic heterocycles. The maximum Gasteiger partial charge on any atom is 0.310 e. The van der Waals surface area contributed by atoms with Crippen LogP contribution in [-0.4, -0.2) is 12.6 Å². The van der Waals surface area contributed by atoms with Crippen LogP contribution in [0.3, 0.4) is 0 Å². The molecule has 0 heterocycles. The molecule has 0 aromatic heterocycles. The van der Waals surface area contributed by atoms with Crippen LogP contribution < -0.4 is 0 Å². The Balaban J connectivity index is 2.94. The fourth-order valence-corrected chi connectivity index (χ4v) is 1.82. The Morgan fingerprint density at radius 1 is 1.50 bits per heavy atom. The Labute approximate surface area is 103 Å². The molecule has 0 aliphatic rings. The van der Waals surface area contributed by atoms with E-state index >= 15 is 0 Å². The van der Waals surface area contributed by atoms with Crippen molar-refractivity contribution in [2.24, 2.45) is 0 Å². The molecule has 0 atom stereocenters. The van der Waals surface area contributed by atoms with Gasteiger partial charge in [-0.3, -0.25) is 4.79 Å². The van der Waals surface area contributed by atoms with Gasteiger partial charge in [-0.05, 0) is 30.5 Å². The van der Waals surface area contributed by atoms with Gasteiger partial charge in [-0.2, -0.15) is 0 Å². The Bertz CT molecular complexity index is 391. The van der Waals surface area contributed by atoms with Gasteiger partial charge in [-0.25, -0.2) is 4.39 Å². The van der Waals surface area contributed by atoms with Crippen LogP contribution >= 0.6 is 15.9 Å². The molecule has 1 rings (SSSR count). The summed E-state index contributed by atoms with van der Waals surface area (Å²) in [5.74, 6) is -0.717. The highest BCUT2D eigenvalue weighted by Crippen LogP contribution is 2.18. The van der Waals surface area contributed by atoms with E-state index < -0.39 is 5.97 Å². The summed E-state index contributed by atoms with van der Waals surface area (Å²) in [5, 5.41) is 0.643. The van der Waals surface area contributed by atoms with Gasteiger partial charge < -0.3 is 4.74 Å². The summed E-state index contributed by atoms with van der Waals surface area (Å²) < 4.78 is 18.5. The zero-order valence-corrected chi connectivity index (χ0v) is 10.9. The first-order chi connectivity index (χ1) is 7.58. The maximum atomic E-state index is 13.7. The molecule has 0 unspecified atom stereocenters. The number of esters is 1. The molecule has 4 heteroatoms. The van der Waals surface area contributed by atoms with Crippen LogP contribution in [0.2, 0.25) is 0 Å². The fourth-order valence-electron chi connectivity index (χ4n) is 1.50. The lowest BCUT2D eigenvalue weighted by Gasteiger charge is -2.08. The number of rotatable bonds is 4. The summed E-state index contributed by atoms with van der Waals surface area (Å²) in [6.07, 6.45) is -0.0125. The van der Waals surface area contributed by atoms with Crippen molar-refractivity contribution >= 4 is 21.9 Å². The minimum atomic E-state index is -0.396. The number of aryl methyl sites for hydroxylation is 1. The monoisotopic (exact) mass is 288 g/mol. The average molecular weight is 289 g/mol. The molecule has 0 saturated carbocycles. The number of carbonyl (C=O) groups excluding carboxylic acids is 1. The third-order valence-corrected chi connectivity index (χ3v) is 2.83. The van der Waals surface area contributed by atoms with E-state index in [2.05, 4.69) is 15.9 Å². The summed E-state index contributed by atoms with van der Waals surface area (Å²) >= 11 is 3.31. The lowest BCUT2D eigenvalue weighted by molar-refractivity contribution is -0.142. The van der Waals surface area contributed by atoms with E-state index in [1.54, 1.807) is 26.0 Å². The average Bonchev–Trinajstić information content (AvgIpc) is 2.24. The molecule has 2 nitrogen and oxygen atoms in total. The highest BCUT2D eigenvalue weighted by molar-refractivity contribution is 9.08. The topological polar surface area (TPSA) is 26.3 Å². The van der Waals surface area contributed by atoms with Gasteiger partial charge in [0.25, 0.3) is 0 Å². The van der Waals surface area contributed by atoms with Crippen molar-refractivity contribution in [2.45, 2.75) is 25.6 Å². The van der Waals surface area contributed by atoms with Crippen molar-refractivity contribution in [3.8, 4) is 0 Å². The zero-order valence-electron chi connectivity index (χ0n) is 9.35. The van der Waals surface area contributed by atoms with Crippen LogP contribution in [0.1, 0.15) is 23.6 Å². The third kappa shape index (κ3) is 3.30. The van der Waals surface area contributed by atoms with Crippen molar-refractivity contribution in [3.05, 3.63) is 34.6 Å². The number of benzene rings is 1. The smallest absolute Gasteiger partial charge is 0.310 e. The van der Waals surface area contributed by atoms with Gasteiger partial charge in [0.05, 0.1) is 13.0 Å². The number of hydrogen-bond donors (Lipinski definition) is 0. The van der Waals surface area contributed by atoms with Crippen LogP contribution in [-0.2, 0) is 21.3 Å². The van der Waals surface area contributed by atoms with Crippen LogP contribution in [0, 0.1) is 12.7 Å². The van der Waals surface area contributed by atoms with Gasteiger partial charge in [0.1, 0.15) is 5.82 Å². The molecule has 0 saturated heterocycles. The van der Waals surface area contributed by atoms with E-state index in [-0.39, 0.29) is 12.2 Å². The first-order valence-electron chi connectivity index (χ1n) is 5.08. The second-order valence-electron chi connectivity index (χ2n) is 3.50. The summed E-state index contributed by atoms with van der Waals surface area (Å²) in [6.45, 7) is 3.74. The van der Waals surface area contributed by atoms with Gasteiger partial charge in [-0.15, -0.1) is 0 Å². The van der Waals surface area contributed by atoms with Crippen molar-refractivity contribution in [2.75, 3.05) is 6.61 Å². The van der Waals surface area contributed by atoms with Crippen LogP contribution in [0.15, 0.2) is 12.1 Å². The number of halogens is 2. The second kappa shape index (κ2) is 5.99. The molecule has 0 bridgehead atoms. The summed E-state index contributed by atoms with van der Waals surface area (Å²) in [7, 11) is 0. The quantitative estimate of drug-likeness (QED) is 0.629. The van der Waals surface area contributed by atoms with Crippen LogP contribution in [0.4, 0.5) is 4.39 Å². The molecule has 88 valence electrons. The highest BCUT2D eigenvalue weighted by atomic mass is 79.9. The van der Waals surface area contributed by atoms with E-state index in [1.165, 1.54) is 0 Å². The van der Waals surface area contributed by atoms with E-state index in [9.17, 15) is 9.18 Å².